The molecule has 212 valence electrons. The third-order valence-corrected chi connectivity index (χ3v) is 5.61. The van der Waals surface area contributed by atoms with Gasteiger partial charge in [-0.2, -0.15) is 30.7 Å². The molecule has 0 saturated carbocycles. The van der Waals surface area contributed by atoms with Crippen molar-refractivity contribution in [1.82, 2.24) is 0 Å². The molecule has 0 aliphatic carbocycles. The fraction of sp³-hybridized carbons (Fsp3) is 0.214. The molecule has 4 rings (SSSR count). The van der Waals surface area contributed by atoms with Crippen LogP contribution in [-0.2, 0) is 6.54 Å². The van der Waals surface area contributed by atoms with E-state index in [1.54, 1.807) is 42.5 Å². The number of alkyl halides is 7. The number of furan rings is 1. The number of halogens is 7. The van der Waals surface area contributed by atoms with Crippen LogP contribution in [-0.4, -0.2) is 36.5 Å². The van der Waals surface area contributed by atoms with Gasteiger partial charge in [-0.25, -0.2) is 0 Å². The van der Waals surface area contributed by atoms with E-state index >= 15 is 0 Å². The number of hydrogen-bond donors (Lipinski definition) is 1. The van der Waals surface area contributed by atoms with Gasteiger partial charge in [-0.3, -0.25) is 0 Å². The first-order valence-corrected chi connectivity index (χ1v) is 11.8. The summed E-state index contributed by atoms with van der Waals surface area (Å²) in [7, 11) is 0. The SMILES string of the molecule is OC(CN(Cc1cccc(OC(F)(F)C(F)F)c1)c1cccc(Oc2cccc(-c3ccco3)c2)c1)C(F)(F)F. The molecule has 1 heterocycles. The maximum atomic E-state index is 13.4. The fourth-order valence-corrected chi connectivity index (χ4v) is 3.74. The van der Waals surface area contributed by atoms with Gasteiger partial charge in [0.15, 0.2) is 6.10 Å². The Morgan fingerprint density at radius 3 is 2.15 bits per heavy atom. The van der Waals surface area contributed by atoms with Gasteiger partial charge in [-0.05, 0) is 54.1 Å². The monoisotopic (exact) mass is 569 g/mol. The van der Waals surface area contributed by atoms with Crippen LogP contribution in [0.2, 0.25) is 0 Å². The van der Waals surface area contributed by atoms with Gasteiger partial charge in [0.25, 0.3) is 0 Å². The summed E-state index contributed by atoms with van der Waals surface area (Å²) in [6.45, 7) is -1.23. The number of nitrogens with zero attached hydrogens (tertiary/aromatic N) is 1. The summed E-state index contributed by atoms with van der Waals surface area (Å²) in [5.41, 5.74) is 1.09. The highest BCUT2D eigenvalue weighted by molar-refractivity contribution is 5.60. The van der Waals surface area contributed by atoms with Crippen molar-refractivity contribution in [1.29, 1.82) is 0 Å². The maximum Gasteiger partial charge on any atom is 0.461 e. The summed E-state index contributed by atoms with van der Waals surface area (Å²) < 4.78 is 107. The molecule has 40 heavy (non-hydrogen) atoms. The summed E-state index contributed by atoms with van der Waals surface area (Å²) in [5.74, 6) is 0.670. The van der Waals surface area contributed by atoms with Crippen LogP contribution < -0.4 is 14.4 Å². The molecule has 0 spiro atoms. The average Bonchev–Trinajstić information content (AvgIpc) is 3.43. The lowest BCUT2D eigenvalue weighted by atomic mass is 10.1. The van der Waals surface area contributed by atoms with E-state index in [4.69, 9.17) is 9.15 Å². The van der Waals surface area contributed by atoms with Crippen molar-refractivity contribution < 1.29 is 49.7 Å². The molecule has 0 bridgehead atoms. The van der Waals surface area contributed by atoms with Crippen LogP contribution in [0.4, 0.5) is 36.4 Å². The molecular formula is C28H22F7NO4. The van der Waals surface area contributed by atoms with E-state index < -0.39 is 37.1 Å². The van der Waals surface area contributed by atoms with Crippen molar-refractivity contribution in [2.24, 2.45) is 0 Å². The molecule has 5 nitrogen and oxygen atoms in total. The average molecular weight is 569 g/mol. The van der Waals surface area contributed by atoms with Gasteiger partial charge in [0.2, 0.25) is 0 Å². The Morgan fingerprint density at radius 1 is 0.800 bits per heavy atom. The number of rotatable bonds is 11. The first kappa shape index (κ1) is 28.8. The van der Waals surface area contributed by atoms with Crippen LogP contribution in [0.15, 0.2) is 95.6 Å². The molecule has 1 aromatic heterocycles. The minimum Gasteiger partial charge on any atom is -0.464 e. The molecule has 0 fully saturated rings. The third kappa shape index (κ3) is 7.47. The number of aliphatic hydroxyl groups excluding tert-OH is 1. The van der Waals surface area contributed by atoms with Crippen molar-refractivity contribution in [3.8, 4) is 28.6 Å². The summed E-state index contributed by atoms with van der Waals surface area (Å²) in [6, 6.07) is 21.0. The van der Waals surface area contributed by atoms with E-state index in [-0.39, 0.29) is 23.5 Å². The molecule has 0 saturated heterocycles. The Balaban J connectivity index is 1.59. The van der Waals surface area contributed by atoms with Crippen LogP contribution >= 0.6 is 0 Å². The molecule has 3 aromatic carbocycles. The molecule has 0 aliphatic rings. The van der Waals surface area contributed by atoms with Crippen LogP contribution in [0, 0.1) is 0 Å². The molecule has 1 atom stereocenters. The highest BCUT2D eigenvalue weighted by Gasteiger charge is 2.44. The zero-order chi connectivity index (χ0) is 28.9. The van der Waals surface area contributed by atoms with Gasteiger partial charge in [0, 0.05) is 23.9 Å². The zero-order valence-electron chi connectivity index (χ0n) is 20.5. The summed E-state index contributed by atoms with van der Waals surface area (Å²) in [4.78, 5) is 1.15. The predicted molar refractivity (Wildman–Crippen MR) is 132 cm³/mol. The Bertz CT molecular complexity index is 1390. The number of benzene rings is 3. The molecular weight excluding hydrogens is 547 g/mol. The highest BCUT2D eigenvalue weighted by Crippen LogP contribution is 2.32. The molecule has 1 unspecified atom stereocenters. The lowest BCUT2D eigenvalue weighted by Gasteiger charge is -2.29. The van der Waals surface area contributed by atoms with Crippen molar-refractivity contribution in [2.45, 2.75) is 31.4 Å². The van der Waals surface area contributed by atoms with E-state index in [9.17, 15) is 35.8 Å². The zero-order valence-corrected chi connectivity index (χ0v) is 20.5. The largest absolute Gasteiger partial charge is 0.464 e. The molecule has 12 heteroatoms. The molecule has 0 radical (unpaired) electrons. The van der Waals surface area contributed by atoms with E-state index in [1.165, 1.54) is 36.6 Å². The second-order valence-corrected chi connectivity index (χ2v) is 8.65. The van der Waals surface area contributed by atoms with Crippen LogP contribution in [0.25, 0.3) is 11.3 Å². The molecule has 0 amide bonds. The topological polar surface area (TPSA) is 55.1 Å². The Morgan fingerprint density at radius 2 is 1.48 bits per heavy atom. The van der Waals surface area contributed by atoms with Gasteiger partial charge < -0.3 is 23.9 Å². The highest BCUT2D eigenvalue weighted by atomic mass is 19.4. The summed E-state index contributed by atoms with van der Waals surface area (Å²) in [5, 5.41) is 9.78. The number of hydrogen-bond acceptors (Lipinski definition) is 5. The van der Waals surface area contributed by atoms with Crippen molar-refractivity contribution in [2.75, 3.05) is 11.4 Å². The minimum absolute atomic E-state index is 0.161. The second-order valence-electron chi connectivity index (χ2n) is 8.65. The van der Waals surface area contributed by atoms with Gasteiger partial charge in [0.05, 0.1) is 12.8 Å². The normalized spacial score (nSPS) is 12.8. The number of aliphatic hydroxyl groups is 1. The fourth-order valence-electron chi connectivity index (χ4n) is 3.74. The van der Waals surface area contributed by atoms with Crippen LogP contribution in [0.1, 0.15) is 5.56 Å². The Kier molecular flexibility index (Phi) is 8.58. The number of anilines is 1. The quantitative estimate of drug-likeness (QED) is 0.186. The Hall–Kier alpha value is -4.19. The predicted octanol–water partition coefficient (Wildman–Crippen LogP) is 7.91. The van der Waals surface area contributed by atoms with Crippen molar-refractivity contribution >= 4 is 5.69 Å². The Labute approximate surface area is 224 Å². The summed E-state index contributed by atoms with van der Waals surface area (Å²) >= 11 is 0. The smallest absolute Gasteiger partial charge is 0.461 e. The van der Waals surface area contributed by atoms with Gasteiger partial charge in [-0.1, -0.05) is 30.3 Å². The second kappa shape index (κ2) is 11.9. The minimum atomic E-state index is -4.94. The lowest BCUT2D eigenvalue weighted by Crippen LogP contribution is -2.40. The van der Waals surface area contributed by atoms with E-state index in [0.717, 1.165) is 22.6 Å². The molecule has 1 N–H and O–H groups in total. The standard InChI is InChI=1S/C28H22F7NO4/c29-26(30)28(34,35)40-23-10-1-5-18(13-23)16-36(17-25(37)27(31,32)33)20-7-3-9-22(15-20)39-21-8-2-6-19(14-21)24-11-4-12-38-24/h1-15,25-26,37H,16-17H2. The molecule has 4 aromatic rings. The van der Waals surface area contributed by atoms with Crippen LogP contribution in [0.5, 0.6) is 17.2 Å². The van der Waals surface area contributed by atoms with Gasteiger partial charge in [0.1, 0.15) is 23.0 Å². The van der Waals surface area contributed by atoms with Crippen LogP contribution in [0.3, 0.4) is 0 Å². The molecule has 0 aliphatic heterocycles. The number of ether oxygens (including phenoxy) is 2. The van der Waals surface area contributed by atoms with E-state index in [2.05, 4.69) is 4.74 Å². The first-order chi connectivity index (χ1) is 18.9. The van der Waals surface area contributed by atoms with Crippen molar-refractivity contribution in [3.63, 3.8) is 0 Å². The lowest BCUT2D eigenvalue weighted by molar-refractivity contribution is -0.253. The third-order valence-electron chi connectivity index (χ3n) is 5.61. The van der Waals surface area contributed by atoms with Crippen molar-refractivity contribution in [3.05, 3.63) is 96.8 Å². The van der Waals surface area contributed by atoms with Gasteiger partial charge in [-0.15, -0.1) is 0 Å². The van der Waals surface area contributed by atoms with Gasteiger partial charge >= 0.3 is 18.7 Å². The first-order valence-electron chi connectivity index (χ1n) is 11.8. The maximum absolute atomic E-state index is 13.4. The van der Waals surface area contributed by atoms with E-state index in [0.29, 0.717) is 11.5 Å². The van der Waals surface area contributed by atoms with E-state index in [1.807, 2.05) is 0 Å². The summed E-state index contributed by atoms with van der Waals surface area (Å²) in [6.07, 6.45) is -15.0.